The van der Waals surface area contributed by atoms with Crippen LogP contribution in [0.3, 0.4) is 0 Å². The molecule has 126 valence electrons. The van der Waals surface area contributed by atoms with E-state index in [4.69, 9.17) is 0 Å². The van der Waals surface area contributed by atoms with Gasteiger partial charge < -0.3 is 4.48 Å². The van der Waals surface area contributed by atoms with Crippen LogP contribution >= 0.6 is 0 Å². The Balaban J connectivity index is 2.13. The first-order valence-electron chi connectivity index (χ1n) is 8.69. The molecule has 24 heavy (non-hydrogen) atoms. The Labute approximate surface area is 143 Å². The fourth-order valence-corrected chi connectivity index (χ4v) is 3.12. The first-order valence-corrected chi connectivity index (χ1v) is 8.69. The molecule has 0 fully saturated rings. The van der Waals surface area contributed by atoms with Gasteiger partial charge in [0, 0.05) is 0 Å². The Morgan fingerprint density at radius 3 is 2.21 bits per heavy atom. The Morgan fingerprint density at radius 1 is 0.917 bits per heavy atom. The van der Waals surface area contributed by atoms with Crippen molar-refractivity contribution in [3.8, 4) is 5.69 Å². The topological polar surface area (TPSA) is 26.9 Å². The Hall–Kier alpha value is -2.33. The summed E-state index contributed by atoms with van der Waals surface area (Å²) in [5, 5.41) is 0.781. The number of hydrogen-bond donors (Lipinski definition) is 0. The Morgan fingerprint density at radius 2 is 1.54 bits per heavy atom. The smallest absolute Gasteiger partial charge is 0.275 e. The van der Waals surface area contributed by atoms with Crippen LogP contribution in [0.25, 0.3) is 16.6 Å². The van der Waals surface area contributed by atoms with Crippen molar-refractivity contribution in [2.75, 3.05) is 26.7 Å². The van der Waals surface area contributed by atoms with Gasteiger partial charge in [-0.1, -0.05) is 30.3 Å². The van der Waals surface area contributed by atoms with E-state index in [1.54, 1.807) is 0 Å². The third-order valence-corrected chi connectivity index (χ3v) is 5.22. The van der Waals surface area contributed by atoms with Gasteiger partial charge in [0.15, 0.2) is 0 Å². The molecule has 0 N–H and O–H groups in total. The van der Waals surface area contributed by atoms with Gasteiger partial charge in [-0.25, -0.2) is 9.36 Å². The van der Waals surface area contributed by atoms with Crippen molar-refractivity contribution in [3.05, 3.63) is 65.0 Å². The highest BCUT2D eigenvalue weighted by molar-refractivity contribution is 5.80. The van der Waals surface area contributed by atoms with Crippen LogP contribution in [0, 0.1) is 0 Å². The minimum Gasteiger partial charge on any atom is -0.325 e. The highest BCUT2D eigenvalue weighted by atomic mass is 16.1. The number of likely N-dealkylation sites (N-methyl/N-ethyl adjacent to an activating group) is 1. The van der Waals surface area contributed by atoms with Gasteiger partial charge in [-0.15, -0.1) is 0 Å². The van der Waals surface area contributed by atoms with Gasteiger partial charge in [0.2, 0.25) is 0 Å². The predicted octanol–water partition coefficient (Wildman–Crippen LogP) is 3.28. The molecule has 0 spiro atoms. The van der Waals surface area contributed by atoms with Crippen LogP contribution in [0.2, 0.25) is 0 Å². The molecule has 4 heteroatoms. The van der Waals surface area contributed by atoms with Crippen molar-refractivity contribution in [3.63, 3.8) is 0 Å². The van der Waals surface area contributed by atoms with Gasteiger partial charge in [0.25, 0.3) is 5.56 Å². The summed E-state index contributed by atoms with van der Waals surface area (Å²) < 4.78 is 4.91. The molecule has 0 saturated carbocycles. The van der Waals surface area contributed by atoms with Crippen LogP contribution < -0.4 is 5.56 Å². The molecule has 0 atom stereocenters. The molecule has 1 heterocycles. The largest absolute Gasteiger partial charge is 0.325 e. The first kappa shape index (κ1) is 16.5. The van der Waals surface area contributed by atoms with Crippen LogP contribution in [0.15, 0.2) is 59.4 Å². The first-order chi connectivity index (χ1) is 11.6. The van der Waals surface area contributed by atoms with E-state index in [0.717, 1.165) is 40.7 Å². The van der Waals surface area contributed by atoms with Crippen molar-refractivity contribution in [2.45, 2.75) is 20.4 Å². The number of benzene rings is 2. The molecule has 3 aromatic rings. The van der Waals surface area contributed by atoms with Gasteiger partial charge in [0.05, 0.1) is 49.8 Å². The maximum Gasteiger partial charge on any atom is 0.275 e. The zero-order valence-corrected chi connectivity index (χ0v) is 14.8. The second-order valence-corrected chi connectivity index (χ2v) is 6.57. The van der Waals surface area contributed by atoms with Crippen molar-refractivity contribution < 1.29 is 4.48 Å². The molecule has 0 aliphatic carbocycles. The van der Waals surface area contributed by atoms with Crippen LogP contribution in [0.5, 0.6) is 0 Å². The molecule has 0 amide bonds. The highest BCUT2D eigenvalue weighted by Crippen LogP contribution is 2.17. The third kappa shape index (κ3) is 2.89. The van der Waals surface area contributed by atoms with E-state index in [9.17, 15) is 4.79 Å². The van der Waals surface area contributed by atoms with E-state index in [1.165, 1.54) is 0 Å². The lowest BCUT2D eigenvalue weighted by molar-refractivity contribution is -0.906. The summed E-state index contributed by atoms with van der Waals surface area (Å²) in [4.78, 5) is 13.0. The predicted molar refractivity (Wildman–Crippen MR) is 99.7 cm³/mol. The van der Waals surface area contributed by atoms with Crippen molar-refractivity contribution in [1.29, 1.82) is 0 Å². The second-order valence-electron chi connectivity index (χ2n) is 6.57. The number of para-hydroxylation sites is 2. The van der Waals surface area contributed by atoms with Gasteiger partial charge in [0.1, 0.15) is 0 Å². The number of rotatable bonds is 6. The van der Waals surface area contributed by atoms with Gasteiger partial charge in [-0.3, -0.25) is 4.79 Å². The summed E-state index contributed by atoms with van der Waals surface area (Å²) >= 11 is 0. The number of aromatic nitrogens is 2. The summed E-state index contributed by atoms with van der Waals surface area (Å²) in [5.41, 5.74) is 2.09. The molecule has 4 nitrogen and oxygen atoms in total. The van der Waals surface area contributed by atoms with Crippen LogP contribution in [0.1, 0.15) is 13.8 Å². The maximum atomic E-state index is 13.0. The minimum absolute atomic E-state index is 0.0909. The molecule has 2 aromatic carbocycles. The summed E-state index contributed by atoms with van der Waals surface area (Å²) in [6.45, 7) is 8.20. The lowest BCUT2D eigenvalue weighted by atomic mass is 10.2. The normalized spacial score (nSPS) is 12.0. The summed E-state index contributed by atoms with van der Waals surface area (Å²) in [5.74, 6) is 0. The van der Waals surface area contributed by atoms with Gasteiger partial charge >= 0.3 is 0 Å². The standard InChI is InChI=1S/C20H26N3O/c1-4-23(3,5-2)16-15-21-20(24)18-13-9-10-14-19(18)22(21)17-11-7-6-8-12-17/h6-14H,4-5,15-16H2,1-3H3/q+1. The second kappa shape index (κ2) is 6.65. The average Bonchev–Trinajstić information content (AvgIpc) is 2.93. The van der Waals surface area contributed by atoms with Crippen molar-refractivity contribution >= 4 is 10.9 Å². The summed E-state index contributed by atoms with van der Waals surface area (Å²) in [6.07, 6.45) is 0. The zero-order chi connectivity index (χ0) is 17.2. The van der Waals surface area contributed by atoms with Crippen molar-refractivity contribution in [2.24, 2.45) is 0 Å². The average molecular weight is 324 g/mol. The Kier molecular flexibility index (Phi) is 4.58. The number of fused-ring (bicyclic) bond motifs is 1. The van der Waals surface area contributed by atoms with E-state index in [0.29, 0.717) is 6.54 Å². The monoisotopic (exact) mass is 324 g/mol. The third-order valence-electron chi connectivity index (χ3n) is 5.22. The van der Waals surface area contributed by atoms with Gasteiger partial charge in [-0.05, 0) is 38.1 Å². The molecule has 0 aliphatic rings. The fourth-order valence-electron chi connectivity index (χ4n) is 3.12. The van der Waals surface area contributed by atoms with Crippen LogP contribution in [0.4, 0.5) is 0 Å². The molecule has 3 rings (SSSR count). The number of quaternary nitrogens is 1. The zero-order valence-electron chi connectivity index (χ0n) is 14.8. The quantitative estimate of drug-likeness (QED) is 0.639. The SMILES string of the molecule is CC[N+](C)(CC)CCn1c(=O)c2ccccc2n1-c1ccccc1. The number of nitrogens with zero attached hydrogens (tertiary/aromatic N) is 3. The molecular weight excluding hydrogens is 298 g/mol. The number of hydrogen-bond acceptors (Lipinski definition) is 1. The van der Waals surface area contributed by atoms with Crippen LogP contribution in [-0.2, 0) is 6.54 Å². The molecule has 1 aromatic heterocycles. The van der Waals surface area contributed by atoms with Gasteiger partial charge in [-0.2, -0.15) is 0 Å². The van der Waals surface area contributed by atoms with E-state index in [1.807, 2.05) is 47.1 Å². The minimum atomic E-state index is 0.0909. The Bertz CT molecular complexity index is 873. The molecule has 0 saturated heterocycles. The van der Waals surface area contributed by atoms with E-state index >= 15 is 0 Å². The van der Waals surface area contributed by atoms with Crippen molar-refractivity contribution in [1.82, 2.24) is 9.36 Å². The molecular formula is C20H26N3O+. The lowest BCUT2D eigenvalue weighted by Gasteiger charge is -2.32. The summed E-state index contributed by atoms with van der Waals surface area (Å²) in [6, 6.07) is 18.0. The lowest BCUT2D eigenvalue weighted by Crippen LogP contribution is -2.46. The highest BCUT2D eigenvalue weighted by Gasteiger charge is 2.20. The molecule has 0 bridgehead atoms. The van der Waals surface area contributed by atoms with E-state index in [-0.39, 0.29) is 5.56 Å². The van der Waals surface area contributed by atoms with Crippen LogP contribution in [-0.4, -0.2) is 40.5 Å². The fraction of sp³-hybridized carbons (Fsp3) is 0.350. The molecule has 0 aliphatic heterocycles. The molecule has 0 unspecified atom stereocenters. The molecule has 0 radical (unpaired) electrons. The van der Waals surface area contributed by atoms with E-state index in [2.05, 4.69) is 37.7 Å². The maximum absolute atomic E-state index is 13.0. The van der Waals surface area contributed by atoms with E-state index < -0.39 is 0 Å². The summed E-state index contributed by atoms with van der Waals surface area (Å²) in [7, 11) is 2.25.